The highest BCUT2D eigenvalue weighted by Crippen LogP contribution is 2.20. The lowest BCUT2D eigenvalue weighted by molar-refractivity contribution is -0.122. The largest absolute Gasteiger partial charge is 0.351 e. The van der Waals surface area contributed by atoms with Crippen molar-refractivity contribution in [3.05, 3.63) is 63.6 Å². The third-order valence-corrected chi connectivity index (χ3v) is 5.67. The third kappa shape index (κ3) is 5.44. The molecule has 1 amide bonds. The van der Waals surface area contributed by atoms with Crippen LogP contribution >= 0.6 is 23.2 Å². The molecule has 0 aliphatic rings. The zero-order chi connectivity index (χ0) is 18.6. The molecular weight excluding hydrogens is 383 g/mol. The minimum atomic E-state index is -3.77. The molecule has 8 heteroatoms. The summed E-state index contributed by atoms with van der Waals surface area (Å²) in [4.78, 5) is 12.3. The molecule has 134 valence electrons. The molecule has 2 N–H and O–H groups in total. The lowest BCUT2D eigenvalue weighted by Gasteiger charge is -2.15. The minimum Gasteiger partial charge on any atom is -0.351 e. The molecular formula is C17H18Cl2N2O3S. The van der Waals surface area contributed by atoms with E-state index < -0.39 is 22.0 Å². The fourth-order valence-corrected chi connectivity index (χ4v) is 3.75. The number of hydrogen-bond acceptors (Lipinski definition) is 3. The molecule has 2 rings (SSSR count). The maximum absolute atomic E-state index is 12.3. The zero-order valence-corrected chi connectivity index (χ0v) is 16.0. The molecule has 2 aromatic rings. The predicted octanol–water partition coefficient (Wildman–Crippen LogP) is 3.29. The first-order valence-electron chi connectivity index (χ1n) is 7.49. The van der Waals surface area contributed by atoms with Crippen molar-refractivity contribution < 1.29 is 13.2 Å². The number of benzene rings is 2. The average Bonchev–Trinajstić information content (AvgIpc) is 2.53. The van der Waals surface area contributed by atoms with Crippen LogP contribution in [-0.4, -0.2) is 20.4 Å². The van der Waals surface area contributed by atoms with Crippen LogP contribution in [0.15, 0.2) is 47.4 Å². The van der Waals surface area contributed by atoms with Crippen molar-refractivity contribution in [2.45, 2.75) is 31.3 Å². The van der Waals surface area contributed by atoms with Gasteiger partial charge in [-0.25, -0.2) is 8.42 Å². The van der Waals surface area contributed by atoms with Crippen LogP contribution in [0.25, 0.3) is 0 Å². The highest BCUT2D eigenvalue weighted by molar-refractivity contribution is 7.89. The van der Waals surface area contributed by atoms with E-state index in [0.717, 1.165) is 5.56 Å². The Bertz CT molecular complexity index is 868. The second-order valence-electron chi connectivity index (χ2n) is 5.61. The summed E-state index contributed by atoms with van der Waals surface area (Å²) >= 11 is 11.9. The number of carbonyl (C=O) groups excluding carboxylic acids is 1. The highest BCUT2D eigenvalue weighted by atomic mass is 35.5. The minimum absolute atomic E-state index is 0.110. The Morgan fingerprint density at radius 3 is 2.36 bits per heavy atom. The molecule has 0 aromatic heterocycles. The van der Waals surface area contributed by atoms with E-state index in [1.807, 2.05) is 6.92 Å². The first-order chi connectivity index (χ1) is 11.7. The first kappa shape index (κ1) is 19.7. The van der Waals surface area contributed by atoms with Crippen LogP contribution in [-0.2, 0) is 21.4 Å². The smallest absolute Gasteiger partial charge is 0.241 e. The van der Waals surface area contributed by atoms with Gasteiger partial charge in [-0.3, -0.25) is 4.79 Å². The van der Waals surface area contributed by atoms with E-state index in [-0.39, 0.29) is 11.4 Å². The van der Waals surface area contributed by atoms with Crippen molar-refractivity contribution in [3.63, 3.8) is 0 Å². The Morgan fingerprint density at radius 2 is 1.76 bits per heavy atom. The second-order valence-corrected chi connectivity index (χ2v) is 8.17. The Morgan fingerprint density at radius 1 is 1.12 bits per heavy atom. The molecule has 25 heavy (non-hydrogen) atoms. The average molecular weight is 401 g/mol. The van der Waals surface area contributed by atoms with Crippen molar-refractivity contribution in [2.75, 3.05) is 0 Å². The molecule has 5 nitrogen and oxygen atoms in total. The van der Waals surface area contributed by atoms with Crippen LogP contribution in [0.5, 0.6) is 0 Å². The summed E-state index contributed by atoms with van der Waals surface area (Å²) in [6.45, 7) is 3.51. The summed E-state index contributed by atoms with van der Waals surface area (Å²) in [6, 6.07) is 10.4. The van der Waals surface area contributed by atoms with Gasteiger partial charge in [0.1, 0.15) is 0 Å². The first-order valence-corrected chi connectivity index (χ1v) is 9.73. The fourth-order valence-electron chi connectivity index (χ4n) is 2.07. The van der Waals surface area contributed by atoms with Gasteiger partial charge in [-0.2, -0.15) is 4.72 Å². The van der Waals surface area contributed by atoms with Gasteiger partial charge in [0.05, 0.1) is 10.9 Å². The number of aryl methyl sites for hydroxylation is 1. The van der Waals surface area contributed by atoms with Gasteiger partial charge in [0.2, 0.25) is 15.9 Å². The maximum Gasteiger partial charge on any atom is 0.241 e. The van der Waals surface area contributed by atoms with Gasteiger partial charge in [0, 0.05) is 16.6 Å². The molecule has 1 atom stereocenters. The number of hydrogen-bond donors (Lipinski definition) is 2. The third-order valence-electron chi connectivity index (χ3n) is 3.52. The molecule has 0 saturated carbocycles. The number of nitrogens with one attached hydrogen (secondary N) is 2. The van der Waals surface area contributed by atoms with E-state index in [1.54, 1.807) is 30.3 Å². The molecule has 0 spiro atoms. The second kappa shape index (κ2) is 8.19. The van der Waals surface area contributed by atoms with Crippen LogP contribution in [0.3, 0.4) is 0 Å². The number of sulfonamides is 1. The molecule has 0 saturated heterocycles. The Labute approximate surface area is 157 Å². The lowest BCUT2D eigenvalue weighted by Crippen LogP contribution is -2.44. The number of amides is 1. The molecule has 0 unspecified atom stereocenters. The molecule has 2 aromatic carbocycles. The topological polar surface area (TPSA) is 75.3 Å². The van der Waals surface area contributed by atoms with Gasteiger partial charge in [-0.05, 0) is 43.7 Å². The van der Waals surface area contributed by atoms with E-state index >= 15 is 0 Å². The molecule has 0 aliphatic heterocycles. The number of halogens is 2. The molecule has 0 bridgehead atoms. The highest BCUT2D eigenvalue weighted by Gasteiger charge is 2.21. The predicted molar refractivity (Wildman–Crippen MR) is 99.3 cm³/mol. The van der Waals surface area contributed by atoms with E-state index in [2.05, 4.69) is 10.0 Å². The molecule has 0 aliphatic carbocycles. The standard InChI is InChI=1S/C17H18Cl2N2O3S/c1-11-3-7-15(8-4-11)25(23,24)21-12(2)17(22)20-10-13-5-6-14(18)9-16(13)19/h3-9,12,21H,10H2,1-2H3,(H,20,22)/t12-/m1/s1. The van der Waals surface area contributed by atoms with E-state index in [4.69, 9.17) is 23.2 Å². The van der Waals surface area contributed by atoms with Crippen LogP contribution < -0.4 is 10.0 Å². The summed E-state index contributed by atoms with van der Waals surface area (Å²) < 4.78 is 27.0. The summed E-state index contributed by atoms with van der Waals surface area (Å²) in [5, 5.41) is 3.58. The van der Waals surface area contributed by atoms with E-state index in [0.29, 0.717) is 15.6 Å². The zero-order valence-electron chi connectivity index (χ0n) is 13.7. The van der Waals surface area contributed by atoms with Crippen molar-refractivity contribution in [1.29, 1.82) is 0 Å². The summed E-state index contributed by atoms with van der Waals surface area (Å²) in [5.41, 5.74) is 1.64. The van der Waals surface area contributed by atoms with Gasteiger partial charge >= 0.3 is 0 Å². The monoisotopic (exact) mass is 400 g/mol. The van der Waals surface area contributed by atoms with Gasteiger partial charge in [0.15, 0.2) is 0 Å². The normalized spacial score (nSPS) is 12.6. The van der Waals surface area contributed by atoms with Crippen molar-refractivity contribution in [3.8, 4) is 0 Å². The molecule has 0 fully saturated rings. The van der Waals surface area contributed by atoms with Crippen LogP contribution in [0, 0.1) is 6.92 Å². The Kier molecular flexibility index (Phi) is 6.46. The van der Waals surface area contributed by atoms with Gasteiger partial charge in [0.25, 0.3) is 0 Å². The van der Waals surface area contributed by atoms with Crippen LogP contribution in [0.1, 0.15) is 18.1 Å². The van der Waals surface area contributed by atoms with E-state index in [1.165, 1.54) is 19.1 Å². The van der Waals surface area contributed by atoms with Crippen LogP contribution in [0.2, 0.25) is 10.0 Å². The quantitative estimate of drug-likeness (QED) is 0.780. The number of rotatable bonds is 6. The SMILES string of the molecule is Cc1ccc(S(=O)(=O)N[C@H](C)C(=O)NCc2ccc(Cl)cc2Cl)cc1. The Hall–Kier alpha value is -1.60. The van der Waals surface area contributed by atoms with Gasteiger partial charge in [-0.15, -0.1) is 0 Å². The number of carbonyl (C=O) groups is 1. The van der Waals surface area contributed by atoms with Crippen molar-refractivity contribution in [2.24, 2.45) is 0 Å². The van der Waals surface area contributed by atoms with Crippen molar-refractivity contribution in [1.82, 2.24) is 10.0 Å². The summed E-state index contributed by atoms with van der Waals surface area (Å²) in [7, 11) is -3.77. The fraction of sp³-hybridized carbons (Fsp3) is 0.235. The molecule has 0 heterocycles. The Balaban J connectivity index is 1.98. The van der Waals surface area contributed by atoms with E-state index in [9.17, 15) is 13.2 Å². The van der Waals surface area contributed by atoms with Crippen LogP contribution in [0.4, 0.5) is 0 Å². The lowest BCUT2D eigenvalue weighted by atomic mass is 10.2. The maximum atomic E-state index is 12.3. The summed E-state index contributed by atoms with van der Waals surface area (Å²) in [6.07, 6.45) is 0. The summed E-state index contributed by atoms with van der Waals surface area (Å²) in [5.74, 6) is -0.457. The van der Waals surface area contributed by atoms with Gasteiger partial charge in [-0.1, -0.05) is 47.0 Å². The molecule has 0 radical (unpaired) electrons. The van der Waals surface area contributed by atoms with Crippen molar-refractivity contribution >= 4 is 39.1 Å². The van der Waals surface area contributed by atoms with Gasteiger partial charge < -0.3 is 5.32 Å².